The maximum Gasteiger partial charge on any atom is 0.213 e. The molecule has 15 heavy (non-hydrogen) atoms. The number of hydrogen-bond acceptors (Lipinski definition) is 2. The summed E-state index contributed by atoms with van der Waals surface area (Å²) in [6.07, 6.45) is 4.12. The highest BCUT2D eigenvalue weighted by Crippen LogP contribution is 2.13. The van der Waals surface area contributed by atoms with Gasteiger partial charge >= 0.3 is 0 Å². The SMILES string of the molecule is CCCC(C)COc1cc(CCl)ccn1. The third-order valence-corrected chi connectivity index (χ3v) is 2.56. The quantitative estimate of drug-likeness (QED) is 0.693. The average molecular weight is 228 g/mol. The van der Waals surface area contributed by atoms with Gasteiger partial charge in [0.15, 0.2) is 0 Å². The van der Waals surface area contributed by atoms with E-state index in [2.05, 4.69) is 18.8 Å². The molecule has 0 saturated heterocycles. The second-order valence-corrected chi connectivity index (χ2v) is 4.11. The Morgan fingerprint density at radius 3 is 3.00 bits per heavy atom. The minimum absolute atomic E-state index is 0.503. The van der Waals surface area contributed by atoms with Crippen molar-refractivity contribution < 1.29 is 4.74 Å². The first-order chi connectivity index (χ1) is 7.26. The molecule has 0 amide bonds. The van der Waals surface area contributed by atoms with Crippen molar-refractivity contribution in [2.45, 2.75) is 32.6 Å². The van der Waals surface area contributed by atoms with Crippen molar-refractivity contribution in [3.8, 4) is 5.88 Å². The van der Waals surface area contributed by atoms with Gasteiger partial charge in [0.2, 0.25) is 5.88 Å². The van der Waals surface area contributed by atoms with Crippen LogP contribution in [0, 0.1) is 5.92 Å². The molecule has 1 unspecified atom stereocenters. The number of rotatable bonds is 6. The van der Waals surface area contributed by atoms with E-state index in [9.17, 15) is 0 Å². The maximum atomic E-state index is 5.73. The monoisotopic (exact) mass is 227 g/mol. The maximum absolute atomic E-state index is 5.73. The lowest BCUT2D eigenvalue weighted by Gasteiger charge is -2.11. The van der Waals surface area contributed by atoms with Crippen LogP contribution in [0.5, 0.6) is 5.88 Å². The molecule has 3 heteroatoms. The van der Waals surface area contributed by atoms with E-state index in [0.29, 0.717) is 17.7 Å². The Hall–Kier alpha value is -0.760. The third kappa shape index (κ3) is 4.52. The van der Waals surface area contributed by atoms with Crippen LogP contribution >= 0.6 is 11.6 Å². The van der Waals surface area contributed by atoms with Crippen molar-refractivity contribution in [3.05, 3.63) is 23.9 Å². The van der Waals surface area contributed by atoms with Gasteiger partial charge in [-0.05, 0) is 24.0 Å². The normalized spacial score (nSPS) is 12.5. The predicted molar refractivity (Wildman–Crippen MR) is 63.4 cm³/mol. The molecule has 0 fully saturated rings. The van der Waals surface area contributed by atoms with Gasteiger partial charge in [0, 0.05) is 18.1 Å². The first kappa shape index (κ1) is 12.3. The van der Waals surface area contributed by atoms with Crippen molar-refractivity contribution >= 4 is 11.6 Å². The second kappa shape index (κ2) is 6.67. The Labute approximate surface area is 96.6 Å². The molecule has 0 saturated carbocycles. The van der Waals surface area contributed by atoms with Gasteiger partial charge in [-0.3, -0.25) is 0 Å². The molecule has 0 spiro atoms. The Morgan fingerprint density at radius 1 is 1.53 bits per heavy atom. The van der Waals surface area contributed by atoms with Gasteiger partial charge in [0.1, 0.15) is 0 Å². The lowest BCUT2D eigenvalue weighted by atomic mass is 10.1. The highest BCUT2D eigenvalue weighted by atomic mass is 35.5. The smallest absolute Gasteiger partial charge is 0.213 e. The molecule has 84 valence electrons. The van der Waals surface area contributed by atoms with Crippen LogP contribution in [0.3, 0.4) is 0 Å². The van der Waals surface area contributed by atoms with Crippen LogP contribution < -0.4 is 4.74 Å². The van der Waals surface area contributed by atoms with Gasteiger partial charge in [-0.25, -0.2) is 4.98 Å². The lowest BCUT2D eigenvalue weighted by Crippen LogP contribution is -2.09. The summed E-state index contributed by atoms with van der Waals surface area (Å²) in [6, 6.07) is 3.79. The highest BCUT2D eigenvalue weighted by Gasteiger charge is 2.03. The van der Waals surface area contributed by atoms with Crippen molar-refractivity contribution in [2.24, 2.45) is 5.92 Å². The fraction of sp³-hybridized carbons (Fsp3) is 0.583. The Kier molecular flexibility index (Phi) is 5.48. The Bertz CT molecular complexity index is 291. The molecule has 1 rings (SSSR count). The second-order valence-electron chi connectivity index (χ2n) is 3.84. The Balaban J connectivity index is 2.43. The van der Waals surface area contributed by atoms with E-state index < -0.39 is 0 Å². The topological polar surface area (TPSA) is 22.1 Å². The summed E-state index contributed by atoms with van der Waals surface area (Å²) in [4.78, 5) is 4.14. The van der Waals surface area contributed by atoms with E-state index in [0.717, 1.165) is 12.2 Å². The van der Waals surface area contributed by atoms with Gasteiger partial charge in [-0.2, -0.15) is 0 Å². The van der Waals surface area contributed by atoms with Crippen LogP contribution in [0.4, 0.5) is 0 Å². The molecule has 0 radical (unpaired) electrons. The largest absolute Gasteiger partial charge is 0.477 e. The molecular weight excluding hydrogens is 210 g/mol. The summed E-state index contributed by atoms with van der Waals surface area (Å²) in [7, 11) is 0. The molecule has 0 aliphatic carbocycles. The predicted octanol–water partition coefficient (Wildman–Crippen LogP) is 3.64. The van der Waals surface area contributed by atoms with Crippen molar-refractivity contribution in [1.29, 1.82) is 0 Å². The van der Waals surface area contributed by atoms with Gasteiger partial charge in [-0.15, -0.1) is 11.6 Å². The Morgan fingerprint density at radius 2 is 2.33 bits per heavy atom. The molecule has 0 N–H and O–H groups in total. The summed E-state index contributed by atoms with van der Waals surface area (Å²) in [5, 5.41) is 0. The average Bonchev–Trinajstić information content (AvgIpc) is 2.27. The van der Waals surface area contributed by atoms with Crippen LogP contribution in [-0.2, 0) is 5.88 Å². The fourth-order valence-electron chi connectivity index (χ4n) is 1.42. The lowest BCUT2D eigenvalue weighted by molar-refractivity contribution is 0.243. The van der Waals surface area contributed by atoms with Gasteiger partial charge < -0.3 is 4.74 Å². The molecule has 1 atom stereocenters. The number of hydrogen-bond donors (Lipinski definition) is 0. The van der Waals surface area contributed by atoms with Crippen LogP contribution in [0.2, 0.25) is 0 Å². The molecule has 1 heterocycles. The van der Waals surface area contributed by atoms with E-state index in [1.807, 2.05) is 12.1 Å². The van der Waals surface area contributed by atoms with E-state index >= 15 is 0 Å². The number of halogens is 1. The summed E-state index contributed by atoms with van der Waals surface area (Å²) in [5.74, 6) is 1.76. The van der Waals surface area contributed by atoms with Crippen molar-refractivity contribution in [2.75, 3.05) is 6.61 Å². The summed E-state index contributed by atoms with van der Waals surface area (Å²) >= 11 is 5.73. The van der Waals surface area contributed by atoms with E-state index in [1.165, 1.54) is 12.8 Å². The zero-order valence-corrected chi connectivity index (χ0v) is 10.1. The van der Waals surface area contributed by atoms with Crippen LogP contribution in [0.1, 0.15) is 32.3 Å². The number of aromatic nitrogens is 1. The molecule has 0 aliphatic rings. The molecular formula is C12H18ClNO. The molecule has 0 aliphatic heterocycles. The van der Waals surface area contributed by atoms with Crippen LogP contribution in [-0.4, -0.2) is 11.6 Å². The summed E-state index contributed by atoms with van der Waals surface area (Å²) < 4.78 is 5.59. The fourth-order valence-corrected chi connectivity index (χ4v) is 1.58. The summed E-state index contributed by atoms with van der Waals surface area (Å²) in [6.45, 7) is 5.10. The van der Waals surface area contributed by atoms with E-state index in [4.69, 9.17) is 16.3 Å². The first-order valence-corrected chi connectivity index (χ1v) is 5.93. The van der Waals surface area contributed by atoms with Crippen LogP contribution in [0.15, 0.2) is 18.3 Å². The highest BCUT2D eigenvalue weighted by molar-refractivity contribution is 6.17. The number of nitrogens with zero attached hydrogens (tertiary/aromatic N) is 1. The van der Waals surface area contributed by atoms with Gasteiger partial charge in [-0.1, -0.05) is 20.3 Å². The summed E-state index contributed by atoms with van der Waals surface area (Å²) in [5.41, 5.74) is 1.05. The van der Waals surface area contributed by atoms with Gasteiger partial charge in [0.05, 0.1) is 6.61 Å². The standard InChI is InChI=1S/C12H18ClNO/c1-3-4-10(2)9-15-12-7-11(8-13)5-6-14-12/h5-7,10H,3-4,8-9H2,1-2H3. The van der Waals surface area contributed by atoms with Gasteiger partial charge in [0.25, 0.3) is 0 Å². The number of alkyl halides is 1. The van der Waals surface area contributed by atoms with E-state index in [-0.39, 0.29) is 0 Å². The first-order valence-electron chi connectivity index (χ1n) is 5.40. The van der Waals surface area contributed by atoms with Crippen molar-refractivity contribution in [3.63, 3.8) is 0 Å². The zero-order chi connectivity index (χ0) is 11.1. The molecule has 1 aromatic rings. The van der Waals surface area contributed by atoms with Crippen molar-refractivity contribution in [1.82, 2.24) is 4.98 Å². The molecule has 0 aromatic carbocycles. The van der Waals surface area contributed by atoms with Crippen LogP contribution in [0.25, 0.3) is 0 Å². The minimum atomic E-state index is 0.503. The number of pyridine rings is 1. The number of ether oxygens (including phenoxy) is 1. The minimum Gasteiger partial charge on any atom is -0.477 e. The molecule has 0 bridgehead atoms. The zero-order valence-electron chi connectivity index (χ0n) is 9.37. The third-order valence-electron chi connectivity index (χ3n) is 2.25. The van der Waals surface area contributed by atoms with E-state index in [1.54, 1.807) is 6.20 Å². The molecule has 1 aromatic heterocycles. The molecule has 2 nitrogen and oxygen atoms in total.